The zero-order chi connectivity index (χ0) is 11.4. The maximum atomic E-state index is 5.33. The van der Waals surface area contributed by atoms with Crippen LogP contribution in [0.15, 0.2) is 6.07 Å². The zero-order valence-corrected chi connectivity index (χ0v) is 10.7. The molecule has 1 N–H and O–H groups in total. The highest BCUT2D eigenvalue weighted by Gasteiger charge is 2.09. The summed E-state index contributed by atoms with van der Waals surface area (Å²) >= 11 is 4.15. The zero-order valence-electron chi connectivity index (χ0n) is 9.85. The van der Waals surface area contributed by atoms with E-state index in [4.69, 9.17) is 4.74 Å². The number of ether oxygens (including phenoxy) is 1. The van der Waals surface area contributed by atoms with Crippen molar-refractivity contribution in [2.45, 2.75) is 27.3 Å². The minimum absolute atomic E-state index is 0.698. The van der Waals surface area contributed by atoms with Crippen LogP contribution >= 0.6 is 12.6 Å². The van der Waals surface area contributed by atoms with E-state index in [9.17, 15) is 0 Å². The van der Waals surface area contributed by atoms with E-state index < -0.39 is 0 Å². The summed E-state index contributed by atoms with van der Waals surface area (Å²) < 4.78 is 5.33. The van der Waals surface area contributed by atoms with Gasteiger partial charge in [0.05, 0.1) is 7.11 Å². The second-order valence-corrected chi connectivity index (χ2v) is 4.03. The summed E-state index contributed by atoms with van der Waals surface area (Å²) in [5.74, 6) is 1.67. The molecule has 1 aromatic rings. The molecular formula is C12H19NOS. The number of hydrogen-bond acceptors (Lipinski definition) is 3. The first kappa shape index (κ1) is 12.4. The van der Waals surface area contributed by atoms with Crippen molar-refractivity contribution < 1.29 is 4.74 Å². The molecule has 15 heavy (non-hydrogen) atoms. The van der Waals surface area contributed by atoms with Crippen LogP contribution in [0.1, 0.15) is 22.3 Å². The number of hydrogen-bond donors (Lipinski definition) is 2. The standard InChI is InChI=1S/C12H19NOS/c1-8-5-12(14-4)10(3)9(2)11(8)6-13-7-15/h5,13,15H,6-7H2,1-4H3. The first-order valence-corrected chi connectivity index (χ1v) is 5.70. The van der Waals surface area contributed by atoms with Crippen LogP contribution in [-0.2, 0) is 6.54 Å². The lowest BCUT2D eigenvalue weighted by molar-refractivity contribution is 0.410. The Morgan fingerprint density at radius 2 is 1.93 bits per heavy atom. The fourth-order valence-electron chi connectivity index (χ4n) is 1.76. The Morgan fingerprint density at radius 1 is 1.27 bits per heavy atom. The van der Waals surface area contributed by atoms with Gasteiger partial charge in [0, 0.05) is 12.4 Å². The van der Waals surface area contributed by atoms with Gasteiger partial charge in [0.2, 0.25) is 0 Å². The molecule has 1 rings (SSSR count). The molecule has 0 radical (unpaired) electrons. The molecular weight excluding hydrogens is 206 g/mol. The van der Waals surface area contributed by atoms with Gasteiger partial charge in [-0.2, -0.15) is 12.6 Å². The number of benzene rings is 1. The van der Waals surface area contributed by atoms with Gasteiger partial charge in [-0.1, -0.05) is 0 Å². The topological polar surface area (TPSA) is 21.3 Å². The number of nitrogens with one attached hydrogen (secondary N) is 1. The highest BCUT2D eigenvalue weighted by Crippen LogP contribution is 2.27. The van der Waals surface area contributed by atoms with Crippen LogP contribution in [0.2, 0.25) is 0 Å². The van der Waals surface area contributed by atoms with Gasteiger partial charge < -0.3 is 10.1 Å². The molecule has 84 valence electrons. The number of aryl methyl sites for hydroxylation is 1. The van der Waals surface area contributed by atoms with Crippen LogP contribution in [0.5, 0.6) is 5.75 Å². The maximum absolute atomic E-state index is 5.33. The molecule has 0 aliphatic heterocycles. The van der Waals surface area contributed by atoms with Crippen molar-refractivity contribution in [3.63, 3.8) is 0 Å². The SMILES string of the molecule is COc1cc(C)c(CNCS)c(C)c1C. The third-order valence-electron chi connectivity index (χ3n) is 2.84. The average molecular weight is 225 g/mol. The van der Waals surface area contributed by atoms with Gasteiger partial charge in [-0.15, -0.1) is 0 Å². The monoisotopic (exact) mass is 225 g/mol. The summed E-state index contributed by atoms with van der Waals surface area (Å²) in [5, 5.41) is 3.23. The Hall–Kier alpha value is -0.670. The Labute approximate surface area is 97.4 Å². The summed E-state index contributed by atoms with van der Waals surface area (Å²) in [5.41, 5.74) is 5.15. The second kappa shape index (κ2) is 5.42. The predicted octanol–water partition coefficient (Wildman–Crippen LogP) is 2.60. The van der Waals surface area contributed by atoms with Crippen molar-refractivity contribution >= 4 is 12.6 Å². The highest BCUT2D eigenvalue weighted by molar-refractivity contribution is 7.80. The van der Waals surface area contributed by atoms with Gasteiger partial charge in [-0.25, -0.2) is 0 Å². The van der Waals surface area contributed by atoms with Crippen molar-refractivity contribution in [1.29, 1.82) is 0 Å². The van der Waals surface area contributed by atoms with Crippen molar-refractivity contribution in [3.8, 4) is 5.75 Å². The first-order chi connectivity index (χ1) is 7.11. The number of thiol groups is 1. The van der Waals surface area contributed by atoms with E-state index in [1.54, 1.807) is 7.11 Å². The van der Waals surface area contributed by atoms with Crippen LogP contribution in [0.3, 0.4) is 0 Å². The third-order valence-corrected chi connectivity index (χ3v) is 3.07. The molecule has 3 heteroatoms. The van der Waals surface area contributed by atoms with Gasteiger partial charge in [0.25, 0.3) is 0 Å². The normalized spacial score (nSPS) is 10.5. The minimum atomic E-state index is 0.698. The summed E-state index contributed by atoms with van der Waals surface area (Å²) in [6.07, 6.45) is 0. The smallest absolute Gasteiger partial charge is 0.122 e. The largest absolute Gasteiger partial charge is 0.496 e. The lowest BCUT2D eigenvalue weighted by Crippen LogP contribution is -2.13. The molecule has 0 fully saturated rings. The molecule has 0 aliphatic rings. The van der Waals surface area contributed by atoms with E-state index in [0.29, 0.717) is 5.88 Å². The number of rotatable bonds is 4. The molecule has 0 heterocycles. The van der Waals surface area contributed by atoms with Crippen LogP contribution < -0.4 is 10.1 Å². The third kappa shape index (κ3) is 2.67. The Balaban J connectivity index is 3.11. The summed E-state index contributed by atoms with van der Waals surface area (Å²) in [6, 6.07) is 2.10. The molecule has 2 nitrogen and oxygen atoms in total. The molecule has 0 aromatic heterocycles. The highest BCUT2D eigenvalue weighted by atomic mass is 32.1. The van der Waals surface area contributed by atoms with Crippen LogP contribution in [0.4, 0.5) is 0 Å². The maximum Gasteiger partial charge on any atom is 0.122 e. The minimum Gasteiger partial charge on any atom is -0.496 e. The lowest BCUT2D eigenvalue weighted by atomic mass is 9.97. The fourth-order valence-corrected chi connectivity index (χ4v) is 1.88. The number of methoxy groups -OCH3 is 1. The Morgan fingerprint density at radius 3 is 2.47 bits per heavy atom. The van der Waals surface area contributed by atoms with Gasteiger partial charge in [0.15, 0.2) is 0 Å². The molecule has 0 unspecified atom stereocenters. The van der Waals surface area contributed by atoms with E-state index in [0.717, 1.165) is 12.3 Å². The molecule has 0 aliphatic carbocycles. The van der Waals surface area contributed by atoms with Crippen LogP contribution in [0, 0.1) is 20.8 Å². The average Bonchev–Trinajstić information content (AvgIpc) is 2.23. The van der Waals surface area contributed by atoms with E-state index in [1.165, 1.54) is 22.3 Å². The van der Waals surface area contributed by atoms with Gasteiger partial charge >= 0.3 is 0 Å². The van der Waals surface area contributed by atoms with Crippen molar-refractivity contribution in [2.24, 2.45) is 0 Å². The lowest BCUT2D eigenvalue weighted by Gasteiger charge is -2.16. The second-order valence-electron chi connectivity index (χ2n) is 3.71. The van der Waals surface area contributed by atoms with E-state index >= 15 is 0 Å². The van der Waals surface area contributed by atoms with E-state index in [2.05, 4.69) is 44.8 Å². The first-order valence-electron chi connectivity index (χ1n) is 5.07. The van der Waals surface area contributed by atoms with Crippen molar-refractivity contribution in [1.82, 2.24) is 5.32 Å². The van der Waals surface area contributed by atoms with Gasteiger partial charge in [-0.3, -0.25) is 0 Å². The van der Waals surface area contributed by atoms with Crippen LogP contribution in [-0.4, -0.2) is 13.0 Å². The summed E-state index contributed by atoms with van der Waals surface area (Å²) in [7, 11) is 1.72. The molecule has 1 aromatic carbocycles. The molecule has 0 amide bonds. The van der Waals surface area contributed by atoms with Crippen molar-refractivity contribution in [3.05, 3.63) is 28.3 Å². The Kier molecular flexibility index (Phi) is 4.48. The fraction of sp³-hybridized carbons (Fsp3) is 0.500. The molecule has 0 saturated heterocycles. The quantitative estimate of drug-likeness (QED) is 0.607. The van der Waals surface area contributed by atoms with E-state index in [-0.39, 0.29) is 0 Å². The predicted molar refractivity (Wildman–Crippen MR) is 67.9 cm³/mol. The molecule has 0 saturated carbocycles. The van der Waals surface area contributed by atoms with Crippen LogP contribution in [0.25, 0.3) is 0 Å². The summed E-state index contributed by atoms with van der Waals surface area (Å²) in [4.78, 5) is 0. The molecule has 0 atom stereocenters. The summed E-state index contributed by atoms with van der Waals surface area (Å²) in [6.45, 7) is 7.22. The van der Waals surface area contributed by atoms with Crippen molar-refractivity contribution in [2.75, 3.05) is 13.0 Å². The van der Waals surface area contributed by atoms with Gasteiger partial charge in [-0.05, 0) is 49.1 Å². The van der Waals surface area contributed by atoms with E-state index in [1.807, 2.05) is 0 Å². The molecule has 0 bridgehead atoms. The van der Waals surface area contributed by atoms with Gasteiger partial charge in [0.1, 0.15) is 5.75 Å². The Bertz CT molecular complexity index is 350. The molecule has 0 spiro atoms.